The first kappa shape index (κ1) is 20.4. The van der Waals surface area contributed by atoms with Gasteiger partial charge in [0.05, 0.1) is 37.3 Å². The van der Waals surface area contributed by atoms with Crippen molar-refractivity contribution in [1.82, 2.24) is 29.9 Å². The van der Waals surface area contributed by atoms with Gasteiger partial charge in [-0.15, -0.1) is 0 Å². The second-order valence-electron chi connectivity index (χ2n) is 7.69. The number of anilines is 1. The predicted molar refractivity (Wildman–Crippen MR) is 106 cm³/mol. The van der Waals surface area contributed by atoms with Crippen molar-refractivity contribution in [2.75, 3.05) is 25.5 Å². The summed E-state index contributed by atoms with van der Waals surface area (Å²) in [4.78, 5) is 12.7. The number of methoxy groups -OCH3 is 1. The molecule has 0 aromatic carbocycles. The van der Waals surface area contributed by atoms with Crippen LogP contribution < -0.4 is 15.4 Å². The van der Waals surface area contributed by atoms with Crippen LogP contribution in [-0.4, -0.2) is 62.1 Å². The average Bonchev–Trinajstić information content (AvgIpc) is 3.12. The lowest BCUT2D eigenvalue weighted by molar-refractivity contribution is 0.0707. The number of aliphatic hydroxyl groups is 1. The molecule has 0 amide bonds. The average molecular weight is 419 g/mol. The van der Waals surface area contributed by atoms with Crippen LogP contribution in [0.1, 0.15) is 26.0 Å². The van der Waals surface area contributed by atoms with Crippen LogP contribution in [0.25, 0.3) is 16.9 Å². The monoisotopic (exact) mass is 419 g/mol. The Morgan fingerprint density at radius 2 is 2.13 bits per heavy atom. The van der Waals surface area contributed by atoms with Gasteiger partial charge in [0.2, 0.25) is 5.95 Å². The predicted octanol–water partition coefficient (Wildman–Crippen LogP) is 1.67. The van der Waals surface area contributed by atoms with Crippen LogP contribution in [0, 0.1) is 5.82 Å². The zero-order valence-corrected chi connectivity index (χ0v) is 16.9. The summed E-state index contributed by atoms with van der Waals surface area (Å²) >= 11 is 0. The van der Waals surface area contributed by atoms with Crippen molar-refractivity contribution in [2.24, 2.45) is 0 Å². The lowest BCUT2D eigenvalue weighted by Gasteiger charge is -2.27. The molecule has 160 valence electrons. The molecule has 9 nitrogen and oxygen atoms in total. The lowest BCUT2D eigenvalue weighted by atomic mass is 10.0. The number of nitrogens with one attached hydrogen (secondary N) is 2. The topological polar surface area (TPSA) is 109 Å². The van der Waals surface area contributed by atoms with Crippen molar-refractivity contribution in [3.05, 3.63) is 30.1 Å². The molecule has 0 aliphatic carbocycles. The Labute approximate surface area is 171 Å². The number of alkyl halides is 1. The van der Waals surface area contributed by atoms with E-state index in [1.54, 1.807) is 20.0 Å². The Hall–Kier alpha value is -2.92. The van der Waals surface area contributed by atoms with Gasteiger partial charge in [0, 0.05) is 6.54 Å². The molecular weight excluding hydrogens is 396 g/mol. The van der Waals surface area contributed by atoms with E-state index in [2.05, 4.69) is 30.7 Å². The minimum atomic E-state index is -1.30. The summed E-state index contributed by atoms with van der Waals surface area (Å²) in [6.45, 7) is 4.17. The number of piperidine rings is 1. The number of ether oxygens (including phenoxy) is 1. The molecule has 11 heteroatoms. The van der Waals surface area contributed by atoms with E-state index < -0.39 is 23.6 Å². The van der Waals surface area contributed by atoms with E-state index in [-0.39, 0.29) is 17.3 Å². The minimum absolute atomic E-state index is 0.0268. The molecule has 1 saturated heterocycles. The molecule has 1 aliphatic heterocycles. The fraction of sp³-hybridized carbons (Fsp3) is 0.474. The number of fused-ring (bicyclic) bond motifs is 1. The van der Waals surface area contributed by atoms with Crippen LogP contribution in [0.3, 0.4) is 0 Å². The molecule has 4 heterocycles. The van der Waals surface area contributed by atoms with Crippen molar-refractivity contribution in [3.63, 3.8) is 0 Å². The maximum atomic E-state index is 14.6. The van der Waals surface area contributed by atoms with Gasteiger partial charge in [-0.3, -0.25) is 0 Å². The van der Waals surface area contributed by atoms with Crippen LogP contribution >= 0.6 is 0 Å². The molecule has 3 aromatic heterocycles. The maximum absolute atomic E-state index is 14.6. The molecule has 0 spiro atoms. The van der Waals surface area contributed by atoms with Crippen molar-refractivity contribution in [2.45, 2.75) is 38.1 Å². The smallest absolute Gasteiger partial charge is 0.223 e. The zero-order valence-electron chi connectivity index (χ0n) is 16.9. The summed E-state index contributed by atoms with van der Waals surface area (Å²) < 4.78 is 35.5. The number of aromatic nitrogens is 5. The molecule has 3 N–H and O–H groups in total. The van der Waals surface area contributed by atoms with Gasteiger partial charge < -0.3 is 20.5 Å². The maximum Gasteiger partial charge on any atom is 0.223 e. The fourth-order valence-corrected chi connectivity index (χ4v) is 3.41. The summed E-state index contributed by atoms with van der Waals surface area (Å²) in [5.74, 6) is -0.219. The van der Waals surface area contributed by atoms with Gasteiger partial charge in [-0.1, -0.05) is 0 Å². The summed E-state index contributed by atoms with van der Waals surface area (Å²) in [6.07, 6.45) is 3.33. The largest absolute Gasteiger partial charge is 0.493 e. The third kappa shape index (κ3) is 3.77. The number of rotatable bonds is 5. The first-order valence-electron chi connectivity index (χ1n) is 9.57. The van der Waals surface area contributed by atoms with E-state index in [9.17, 15) is 13.9 Å². The Bertz CT molecular complexity index is 1070. The molecule has 0 bridgehead atoms. The number of hydrogen-bond donors (Lipinski definition) is 3. The Balaban J connectivity index is 1.76. The molecule has 0 saturated carbocycles. The Morgan fingerprint density at radius 1 is 1.33 bits per heavy atom. The molecule has 1 fully saturated rings. The van der Waals surface area contributed by atoms with Crippen LogP contribution in [0.5, 0.6) is 5.75 Å². The number of halogens is 2. The SMILES string of the molecule is COc1cn2ncc(-c3nc(NC4CNCCC4F)ncc3F)c2nc1C(C)(C)O. The molecule has 30 heavy (non-hydrogen) atoms. The standard InChI is InChI=1S/C19H23F2N7O2/c1-19(2,29)16-14(30-3)9-28-17(27-16)10(6-24-28)15-12(21)7-23-18(26-15)25-13-8-22-5-4-11(13)20/h6-7,9,11,13,22,29H,4-5,8H2,1-3H3,(H,23,25,26). The summed E-state index contributed by atoms with van der Waals surface area (Å²) in [6, 6.07) is -0.509. The lowest BCUT2D eigenvalue weighted by Crippen LogP contribution is -2.46. The molecule has 4 rings (SSSR count). The highest BCUT2D eigenvalue weighted by Gasteiger charge is 2.27. The molecular formula is C19H23F2N7O2. The summed E-state index contributed by atoms with van der Waals surface area (Å²) in [5, 5.41) is 20.7. The van der Waals surface area contributed by atoms with Gasteiger partial charge in [0.1, 0.15) is 23.2 Å². The van der Waals surface area contributed by atoms with Gasteiger partial charge in [-0.25, -0.2) is 28.2 Å². The summed E-state index contributed by atoms with van der Waals surface area (Å²) in [5.41, 5.74) is -0.444. The molecule has 2 unspecified atom stereocenters. The first-order chi connectivity index (χ1) is 14.3. The second-order valence-corrected chi connectivity index (χ2v) is 7.69. The van der Waals surface area contributed by atoms with Crippen molar-refractivity contribution in [3.8, 4) is 17.0 Å². The van der Waals surface area contributed by atoms with E-state index in [1.165, 1.54) is 17.8 Å². The second kappa shape index (κ2) is 7.73. The molecule has 1 aliphatic rings. The van der Waals surface area contributed by atoms with Crippen LogP contribution in [0.2, 0.25) is 0 Å². The highest BCUT2D eigenvalue weighted by atomic mass is 19.1. The van der Waals surface area contributed by atoms with Gasteiger partial charge >= 0.3 is 0 Å². The third-order valence-corrected chi connectivity index (χ3v) is 4.97. The highest BCUT2D eigenvalue weighted by molar-refractivity contribution is 5.75. The number of nitrogens with zero attached hydrogens (tertiary/aromatic N) is 5. The first-order valence-corrected chi connectivity index (χ1v) is 9.57. The van der Waals surface area contributed by atoms with E-state index in [4.69, 9.17) is 4.74 Å². The minimum Gasteiger partial charge on any atom is -0.493 e. The van der Waals surface area contributed by atoms with Gasteiger partial charge in [-0.2, -0.15) is 5.10 Å². The van der Waals surface area contributed by atoms with Gasteiger partial charge in [0.25, 0.3) is 0 Å². The highest BCUT2D eigenvalue weighted by Crippen LogP contribution is 2.31. The van der Waals surface area contributed by atoms with Crippen molar-refractivity contribution in [1.29, 1.82) is 0 Å². The third-order valence-electron chi connectivity index (χ3n) is 4.97. The van der Waals surface area contributed by atoms with E-state index in [1.807, 2.05) is 0 Å². The quantitative estimate of drug-likeness (QED) is 0.573. The van der Waals surface area contributed by atoms with Crippen molar-refractivity contribution < 1.29 is 18.6 Å². The van der Waals surface area contributed by atoms with Crippen molar-refractivity contribution >= 4 is 11.6 Å². The Morgan fingerprint density at radius 3 is 2.83 bits per heavy atom. The van der Waals surface area contributed by atoms with E-state index >= 15 is 0 Å². The molecule has 0 radical (unpaired) electrons. The van der Waals surface area contributed by atoms with E-state index in [0.717, 1.165) is 6.20 Å². The van der Waals surface area contributed by atoms with Crippen LogP contribution in [0.15, 0.2) is 18.6 Å². The zero-order chi connectivity index (χ0) is 21.5. The summed E-state index contributed by atoms with van der Waals surface area (Å²) in [7, 11) is 1.46. The Kier molecular flexibility index (Phi) is 5.24. The van der Waals surface area contributed by atoms with Crippen LogP contribution in [0.4, 0.5) is 14.7 Å². The molecule has 2 atom stereocenters. The molecule has 3 aromatic rings. The van der Waals surface area contributed by atoms with Gasteiger partial charge in [-0.05, 0) is 26.8 Å². The number of hydrogen-bond acceptors (Lipinski definition) is 8. The van der Waals surface area contributed by atoms with Crippen LogP contribution in [-0.2, 0) is 5.60 Å². The normalized spacial score (nSPS) is 19.8. The van der Waals surface area contributed by atoms with E-state index in [0.29, 0.717) is 36.5 Å². The van der Waals surface area contributed by atoms with Gasteiger partial charge in [0.15, 0.2) is 17.2 Å². The fourth-order valence-electron chi connectivity index (χ4n) is 3.41.